The third-order valence-electron chi connectivity index (χ3n) is 4.08. The fourth-order valence-electron chi connectivity index (χ4n) is 2.84. The molecule has 0 fully saturated rings. The summed E-state index contributed by atoms with van der Waals surface area (Å²) in [6.45, 7) is 2.50. The Bertz CT molecular complexity index is 1260. The monoisotopic (exact) mass is 374 g/mol. The second kappa shape index (κ2) is 6.36. The van der Waals surface area contributed by atoms with Crippen LogP contribution in [0.15, 0.2) is 48.1 Å². The highest BCUT2D eigenvalue weighted by atomic mass is 32.1. The van der Waals surface area contributed by atoms with Crippen LogP contribution >= 0.6 is 11.3 Å². The lowest BCUT2D eigenvalue weighted by molar-refractivity contribution is 0.664. The summed E-state index contributed by atoms with van der Waals surface area (Å²) in [4.78, 5) is 17.7. The molecule has 0 saturated heterocycles. The molecule has 8 nitrogen and oxygen atoms in total. The zero-order valence-corrected chi connectivity index (χ0v) is 15.2. The highest BCUT2D eigenvalue weighted by Gasteiger charge is 2.10. The summed E-state index contributed by atoms with van der Waals surface area (Å²) in [5.74, 6) is 0.614. The SMILES string of the molecule is Cc1csc(Nc2cnc3nnn(Cc4ccc5ncccc5c4)c3n2)n1. The normalized spacial score (nSPS) is 11.3. The summed E-state index contributed by atoms with van der Waals surface area (Å²) in [5, 5.41) is 15.4. The third kappa shape index (κ3) is 3.08. The van der Waals surface area contributed by atoms with Crippen LogP contribution in [0.25, 0.3) is 22.2 Å². The van der Waals surface area contributed by atoms with Crippen LogP contribution in [0.5, 0.6) is 0 Å². The van der Waals surface area contributed by atoms with E-state index in [4.69, 9.17) is 0 Å². The van der Waals surface area contributed by atoms with Crippen molar-refractivity contribution in [1.82, 2.24) is 34.9 Å². The van der Waals surface area contributed by atoms with Crippen LogP contribution in [0.2, 0.25) is 0 Å². The first-order valence-corrected chi connectivity index (χ1v) is 9.22. The van der Waals surface area contributed by atoms with Gasteiger partial charge in [0.05, 0.1) is 24.0 Å². The Morgan fingerprint density at radius 1 is 1.15 bits per heavy atom. The second-order valence-corrected chi connectivity index (χ2v) is 6.96. The van der Waals surface area contributed by atoms with Gasteiger partial charge in [-0.25, -0.2) is 19.6 Å². The maximum absolute atomic E-state index is 4.62. The number of aryl methyl sites for hydroxylation is 1. The van der Waals surface area contributed by atoms with Gasteiger partial charge in [0.15, 0.2) is 16.6 Å². The molecule has 9 heteroatoms. The van der Waals surface area contributed by atoms with E-state index in [2.05, 4.69) is 41.6 Å². The Balaban J connectivity index is 1.47. The Hall–Kier alpha value is -3.46. The standard InChI is InChI=1S/C18H14N8S/c1-11-10-27-18(21-11)23-15-8-20-16-17(22-15)26(25-24-16)9-12-4-5-14-13(7-12)3-2-6-19-14/h2-8,10H,9H2,1H3,(H,21,22,23). The van der Waals surface area contributed by atoms with Crippen molar-refractivity contribution in [3.8, 4) is 0 Å². The molecule has 0 unspecified atom stereocenters. The quantitative estimate of drug-likeness (QED) is 0.515. The highest BCUT2D eigenvalue weighted by Crippen LogP contribution is 2.20. The van der Waals surface area contributed by atoms with Crippen molar-refractivity contribution in [1.29, 1.82) is 0 Å². The maximum atomic E-state index is 4.62. The van der Waals surface area contributed by atoms with Gasteiger partial charge in [0.1, 0.15) is 0 Å². The highest BCUT2D eigenvalue weighted by molar-refractivity contribution is 7.13. The van der Waals surface area contributed by atoms with Crippen molar-refractivity contribution in [2.75, 3.05) is 5.32 Å². The van der Waals surface area contributed by atoms with E-state index in [1.54, 1.807) is 17.1 Å². The van der Waals surface area contributed by atoms with Gasteiger partial charge in [-0.1, -0.05) is 17.3 Å². The van der Waals surface area contributed by atoms with Crippen LogP contribution < -0.4 is 5.32 Å². The largest absolute Gasteiger partial charge is 0.315 e. The number of hydrogen-bond donors (Lipinski definition) is 1. The Morgan fingerprint density at radius 2 is 2.11 bits per heavy atom. The van der Waals surface area contributed by atoms with Crippen molar-refractivity contribution in [3.05, 3.63) is 59.4 Å². The van der Waals surface area contributed by atoms with Crippen molar-refractivity contribution < 1.29 is 0 Å². The molecule has 1 aromatic carbocycles. The molecular formula is C18H14N8S. The van der Waals surface area contributed by atoms with Gasteiger partial charge in [-0.05, 0) is 30.7 Å². The minimum atomic E-state index is 0.512. The van der Waals surface area contributed by atoms with Crippen LogP contribution in [0, 0.1) is 6.92 Å². The zero-order valence-electron chi connectivity index (χ0n) is 14.4. The molecule has 0 radical (unpaired) electrons. The minimum Gasteiger partial charge on any atom is -0.315 e. The van der Waals surface area contributed by atoms with Gasteiger partial charge in [-0.15, -0.1) is 16.4 Å². The zero-order chi connectivity index (χ0) is 18.2. The molecule has 0 bridgehead atoms. The number of anilines is 2. The number of thiazole rings is 1. The van der Waals surface area contributed by atoms with E-state index >= 15 is 0 Å². The molecule has 27 heavy (non-hydrogen) atoms. The number of fused-ring (bicyclic) bond motifs is 2. The van der Waals surface area contributed by atoms with E-state index in [1.165, 1.54) is 11.3 Å². The van der Waals surface area contributed by atoms with E-state index < -0.39 is 0 Å². The molecule has 5 aromatic rings. The number of nitrogens with one attached hydrogen (secondary N) is 1. The van der Waals surface area contributed by atoms with Crippen LogP contribution in [-0.4, -0.2) is 34.9 Å². The first-order chi connectivity index (χ1) is 13.2. The van der Waals surface area contributed by atoms with Gasteiger partial charge in [-0.2, -0.15) is 0 Å². The predicted octanol–water partition coefficient (Wildman–Crippen LogP) is 3.33. The van der Waals surface area contributed by atoms with Crippen molar-refractivity contribution >= 4 is 44.5 Å². The van der Waals surface area contributed by atoms with Gasteiger partial charge in [0.2, 0.25) is 5.65 Å². The average molecular weight is 374 g/mol. The minimum absolute atomic E-state index is 0.512. The number of aromatic nitrogens is 7. The van der Waals surface area contributed by atoms with E-state index in [0.717, 1.165) is 27.3 Å². The summed E-state index contributed by atoms with van der Waals surface area (Å²) in [5.41, 5.74) is 4.17. The Labute approximate surface area is 158 Å². The first-order valence-electron chi connectivity index (χ1n) is 8.34. The van der Waals surface area contributed by atoms with E-state index in [0.29, 0.717) is 23.7 Å². The molecule has 0 amide bonds. The van der Waals surface area contributed by atoms with Gasteiger partial charge in [0.25, 0.3) is 0 Å². The molecule has 4 aromatic heterocycles. The molecular weight excluding hydrogens is 360 g/mol. The molecule has 0 spiro atoms. The molecule has 0 aliphatic heterocycles. The van der Waals surface area contributed by atoms with Crippen LogP contribution in [-0.2, 0) is 6.54 Å². The molecule has 0 saturated carbocycles. The average Bonchev–Trinajstić information content (AvgIpc) is 3.28. The first kappa shape index (κ1) is 15.8. The molecule has 0 aliphatic carbocycles. The number of hydrogen-bond acceptors (Lipinski definition) is 8. The van der Waals surface area contributed by atoms with Gasteiger partial charge in [-0.3, -0.25) is 4.98 Å². The fraction of sp³-hybridized carbons (Fsp3) is 0.111. The summed E-state index contributed by atoms with van der Waals surface area (Å²) in [6.07, 6.45) is 3.43. The summed E-state index contributed by atoms with van der Waals surface area (Å²) in [7, 11) is 0. The molecule has 1 N–H and O–H groups in total. The fourth-order valence-corrected chi connectivity index (χ4v) is 3.53. The van der Waals surface area contributed by atoms with E-state index in [-0.39, 0.29) is 0 Å². The number of nitrogens with zero attached hydrogens (tertiary/aromatic N) is 7. The number of pyridine rings is 1. The summed E-state index contributed by atoms with van der Waals surface area (Å²) >= 11 is 1.53. The topological polar surface area (TPSA) is 94.3 Å². The summed E-state index contributed by atoms with van der Waals surface area (Å²) in [6, 6.07) is 10.1. The smallest absolute Gasteiger partial charge is 0.221 e. The van der Waals surface area contributed by atoms with Gasteiger partial charge < -0.3 is 5.32 Å². The Kier molecular flexibility index (Phi) is 3.72. The van der Waals surface area contributed by atoms with Gasteiger partial charge >= 0.3 is 0 Å². The predicted molar refractivity (Wildman–Crippen MR) is 104 cm³/mol. The summed E-state index contributed by atoms with van der Waals surface area (Å²) < 4.78 is 1.75. The molecule has 4 heterocycles. The van der Waals surface area contributed by atoms with Gasteiger partial charge in [0, 0.05) is 17.0 Å². The van der Waals surface area contributed by atoms with E-state index in [1.807, 2.05) is 36.6 Å². The second-order valence-electron chi connectivity index (χ2n) is 6.10. The van der Waals surface area contributed by atoms with Crippen LogP contribution in [0.1, 0.15) is 11.3 Å². The lowest BCUT2D eigenvalue weighted by atomic mass is 10.1. The number of rotatable bonds is 4. The number of benzene rings is 1. The van der Waals surface area contributed by atoms with E-state index in [9.17, 15) is 0 Å². The Morgan fingerprint density at radius 3 is 3.00 bits per heavy atom. The van der Waals surface area contributed by atoms with Crippen molar-refractivity contribution in [2.24, 2.45) is 0 Å². The van der Waals surface area contributed by atoms with Crippen LogP contribution in [0.3, 0.4) is 0 Å². The molecule has 0 aliphatic rings. The molecule has 132 valence electrons. The molecule has 5 rings (SSSR count). The van der Waals surface area contributed by atoms with Crippen molar-refractivity contribution in [3.63, 3.8) is 0 Å². The third-order valence-corrected chi connectivity index (χ3v) is 4.96. The lowest BCUT2D eigenvalue weighted by Gasteiger charge is -2.05. The lowest BCUT2D eigenvalue weighted by Crippen LogP contribution is -2.04. The molecule has 0 atom stereocenters. The maximum Gasteiger partial charge on any atom is 0.221 e. The van der Waals surface area contributed by atoms with Crippen LogP contribution in [0.4, 0.5) is 10.9 Å². The van der Waals surface area contributed by atoms with Crippen molar-refractivity contribution in [2.45, 2.75) is 13.5 Å².